The van der Waals surface area contributed by atoms with Crippen molar-refractivity contribution in [3.63, 3.8) is 0 Å². The molecule has 1 saturated heterocycles. The van der Waals surface area contributed by atoms with Crippen LogP contribution in [0.15, 0.2) is 30.3 Å². The summed E-state index contributed by atoms with van der Waals surface area (Å²) >= 11 is 0. The van der Waals surface area contributed by atoms with E-state index in [-0.39, 0.29) is 5.60 Å². The highest BCUT2D eigenvalue weighted by molar-refractivity contribution is 5.24. The molecule has 0 spiro atoms. The van der Waals surface area contributed by atoms with Crippen molar-refractivity contribution in [1.82, 2.24) is 5.32 Å². The largest absolute Gasteiger partial charge is 0.369 e. The first-order chi connectivity index (χ1) is 6.87. The standard InChI is InChI=1S/C12H17NO/c1-2-14-12(8-9-13-10-12)11-6-4-3-5-7-11/h3-7,13H,2,8-10H2,1H3. The molecule has 0 aliphatic carbocycles. The van der Waals surface area contributed by atoms with Crippen LogP contribution in [0.1, 0.15) is 18.9 Å². The minimum absolute atomic E-state index is 0.0734. The Morgan fingerprint density at radius 2 is 2.14 bits per heavy atom. The van der Waals surface area contributed by atoms with Gasteiger partial charge in [0.1, 0.15) is 5.60 Å². The predicted molar refractivity (Wildman–Crippen MR) is 57.2 cm³/mol. The lowest BCUT2D eigenvalue weighted by Gasteiger charge is -2.28. The first-order valence-corrected chi connectivity index (χ1v) is 5.27. The zero-order chi connectivity index (χ0) is 9.86. The van der Waals surface area contributed by atoms with E-state index < -0.39 is 0 Å². The van der Waals surface area contributed by atoms with Crippen LogP contribution in [-0.2, 0) is 10.3 Å². The van der Waals surface area contributed by atoms with Gasteiger partial charge in [0.2, 0.25) is 0 Å². The van der Waals surface area contributed by atoms with E-state index in [0.717, 1.165) is 26.1 Å². The highest BCUT2D eigenvalue weighted by Gasteiger charge is 2.35. The summed E-state index contributed by atoms with van der Waals surface area (Å²) in [6.07, 6.45) is 1.07. The number of rotatable bonds is 3. The fourth-order valence-corrected chi connectivity index (χ4v) is 2.14. The zero-order valence-electron chi connectivity index (χ0n) is 8.62. The molecule has 1 aromatic rings. The number of ether oxygens (including phenoxy) is 1. The van der Waals surface area contributed by atoms with Crippen molar-refractivity contribution in [1.29, 1.82) is 0 Å². The van der Waals surface area contributed by atoms with Crippen molar-refractivity contribution >= 4 is 0 Å². The normalized spacial score (nSPS) is 26.6. The van der Waals surface area contributed by atoms with Gasteiger partial charge in [0.15, 0.2) is 0 Å². The second kappa shape index (κ2) is 4.11. The highest BCUT2D eigenvalue weighted by atomic mass is 16.5. The van der Waals surface area contributed by atoms with Gasteiger partial charge >= 0.3 is 0 Å². The third-order valence-electron chi connectivity index (χ3n) is 2.84. The van der Waals surface area contributed by atoms with Crippen LogP contribution >= 0.6 is 0 Å². The fourth-order valence-electron chi connectivity index (χ4n) is 2.14. The first kappa shape index (κ1) is 9.69. The second-order valence-corrected chi connectivity index (χ2v) is 3.72. The Balaban J connectivity index is 2.27. The third kappa shape index (κ3) is 1.68. The average molecular weight is 191 g/mol. The molecule has 1 aliphatic rings. The summed E-state index contributed by atoms with van der Waals surface area (Å²) in [4.78, 5) is 0. The lowest BCUT2D eigenvalue weighted by Crippen LogP contribution is -2.32. The van der Waals surface area contributed by atoms with Crippen LogP contribution in [0, 0.1) is 0 Å². The Bertz CT molecular complexity index is 278. The van der Waals surface area contributed by atoms with Gasteiger partial charge in [-0.1, -0.05) is 30.3 Å². The van der Waals surface area contributed by atoms with Gasteiger partial charge in [-0.05, 0) is 25.5 Å². The predicted octanol–water partition coefficient (Wildman–Crippen LogP) is 1.91. The van der Waals surface area contributed by atoms with Gasteiger partial charge < -0.3 is 10.1 Å². The minimum atomic E-state index is -0.0734. The van der Waals surface area contributed by atoms with Gasteiger partial charge in [-0.25, -0.2) is 0 Å². The van der Waals surface area contributed by atoms with Crippen LogP contribution in [0.5, 0.6) is 0 Å². The van der Waals surface area contributed by atoms with Gasteiger partial charge in [0, 0.05) is 13.2 Å². The lowest BCUT2D eigenvalue weighted by molar-refractivity contribution is -0.0281. The van der Waals surface area contributed by atoms with E-state index in [2.05, 4.69) is 36.5 Å². The molecule has 76 valence electrons. The molecule has 1 aliphatic heterocycles. The molecule has 1 heterocycles. The number of benzene rings is 1. The Morgan fingerprint density at radius 3 is 2.71 bits per heavy atom. The molecule has 1 unspecified atom stereocenters. The van der Waals surface area contributed by atoms with Crippen LogP contribution in [0.4, 0.5) is 0 Å². The van der Waals surface area contributed by atoms with Gasteiger partial charge in [-0.2, -0.15) is 0 Å². The van der Waals surface area contributed by atoms with E-state index in [4.69, 9.17) is 4.74 Å². The van der Waals surface area contributed by atoms with Gasteiger partial charge in [0.25, 0.3) is 0 Å². The SMILES string of the molecule is CCOC1(c2ccccc2)CCNC1. The molecule has 0 radical (unpaired) electrons. The molecular formula is C12H17NO. The molecule has 14 heavy (non-hydrogen) atoms. The lowest BCUT2D eigenvalue weighted by atomic mass is 9.93. The maximum Gasteiger partial charge on any atom is 0.107 e. The number of nitrogens with one attached hydrogen (secondary N) is 1. The molecule has 0 bridgehead atoms. The molecule has 2 rings (SSSR count). The number of hydrogen-bond donors (Lipinski definition) is 1. The molecule has 1 atom stereocenters. The summed E-state index contributed by atoms with van der Waals surface area (Å²) in [5.74, 6) is 0. The second-order valence-electron chi connectivity index (χ2n) is 3.72. The smallest absolute Gasteiger partial charge is 0.107 e. The maximum atomic E-state index is 5.91. The Morgan fingerprint density at radius 1 is 1.36 bits per heavy atom. The molecule has 2 heteroatoms. The minimum Gasteiger partial charge on any atom is -0.369 e. The molecule has 1 fully saturated rings. The maximum absolute atomic E-state index is 5.91. The van der Waals surface area contributed by atoms with E-state index in [9.17, 15) is 0 Å². The summed E-state index contributed by atoms with van der Waals surface area (Å²) < 4.78 is 5.91. The van der Waals surface area contributed by atoms with Crippen molar-refractivity contribution in [2.75, 3.05) is 19.7 Å². The molecule has 2 nitrogen and oxygen atoms in total. The quantitative estimate of drug-likeness (QED) is 0.788. The van der Waals surface area contributed by atoms with E-state index in [1.165, 1.54) is 5.56 Å². The van der Waals surface area contributed by atoms with Crippen LogP contribution in [-0.4, -0.2) is 19.7 Å². The van der Waals surface area contributed by atoms with Crippen molar-refractivity contribution in [3.05, 3.63) is 35.9 Å². The summed E-state index contributed by atoms with van der Waals surface area (Å²) in [6, 6.07) is 10.5. The molecule has 1 N–H and O–H groups in total. The molecule has 0 aromatic heterocycles. The Hall–Kier alpha value is -0.860. The van der Waals surface area contributed by atoms with Crippen molar-refractivity contribution in [3.8, 4) is 0 Å². The van der Waals surface area contributed by atoms with Crippen molar-refractivity contribution in [2.24, 2.45) is 0 Å². The average Bonchev–Trinajstić information content (AvgIpc) is 2.70. The van der Waals surface area contributed by atoms with Crippen molar-refractivity contribution in [2.45, 2.75) is 18.9 Å². The fraction of sp³-hybridized carbons (Fsp3) is 0.500. The van der Waals surface area contributed by atoms with Crippen LogP contribution < -0.4 is 5.32 Å². The van der Waals surface area contributed by atoms with Gasteiger partial charge in [-0.15, -0.1) is 0 Å². The van der Waals surface area contributed by atoms with Crippen LogP contribution in [0.3, 0.4) is 0 Å². The van der Waals surface area contributed by atoms with E-state index in [0.29, 0.717) is 0 Å². The van der Waals surface area contributed by atoms with Gasteiger partial charge in [0.05, 0.1) is 0 Å². The van der Waals surface area contributed by atoms with E-state index in [1.807, 2.05) is 6.07 Å². The molecule has 1 aromatic carbocycles. The van der Waals surface area contributed by atoms with Crippen LogP contribution in [0.25, 0.3) is 0 Å². The molecule has 0 saturated carbocycles. The molecule has 0 amide bonds. The third-order valence-corrected chi connectivity index (χ3v) is 2.84. The monoisotopic (exact) mass is 191 g/mol. The zero-order valence-corrected chi connectivity index (χ0v) is 8.62. The van der Waals surface area contributed by atoms with E-state index in [1.54, 1.807) is 0 Å². The summed E-state index contributed by atoms with van der Waals surface area (Å²) in [6.45, 7) is 4.82. The van der Waals surface area contributed by atoms with Crippen LogP contribution in [0.2, 0.25) is 0 Å². The Kier molecular flexibility index (Phi) is 2.85. The topological polar surface area (TPSA) is 21.3 Å². The van der Waals surface area contributed by atoms with E-state index >= 15 is 0 Å². The molecular weight excluding hydrogens is 174 g/mol. The Labute approximate surface area is 85.3 Å². The first-order valence-electron chi connectivity index (χ1n) is 5.27. The van der Waals surface area contributed by atoms with Gasteiger partial charge in [-0.3, -0.25) is 0 Å². The van der Waals surface area contributed by atoms with Crippen molar-refractivity contribution < 1.29 is 4.74 Å². The number of hydrogen-bond acceptors (Lipinski definition) is 2. The summed E-state index contributed by atoms with van der Waals surface area (Å²) in [7, 11) is 0. The summed E-state index contributed by atoms with van der Waals surface area (Å²) in [5.41, 5.74) is 1.22. The summed E-state index contributed by atoms with van der Waals surface area (Å²) in [5, 5.41) is 3.37. The highest BCUT2D eigenvalue weighted by Crippen LogP contribution is 2.31.